The van der Waals surface area contributed by atoms with Gasteiger partial charge in [0.05, 0.1) is 7.05 Å². The summed E-state index contributed by atoms with van der Waals surface area (Å²) >= 11 is 3.70. The number of hydrogen-bond acceptors (Lipinski definition) is 3. The quantitative estimate of drug-likeness (QED) is 0.314. The van der Waals surface area contributed by atoms with E-state index >= 15 is 0 Å². The lowest BCUT2D eigenvalue weighted by molar-refractivity contribution is -0.671. The van der Waals surface area contributed by atoms with Crippen LogP contribution in [0.1, 0.15) is 6.23 Å². The highest BCUT2D eigenvalue weighted by molar-refractivity contribution is 7.64. The molecule has 0 aliphatic carbocycles. The van der Waals surface area contributed by atoms with Crippen molar-refractivity contribution in [3.8, 4) is 5.40 Å². The number of aryl methyl sites for hydroxylation is 1. The second-order valence-corrected chi connectivity index (χ2v) is 2.45. The molecule has 70 valence electrons. The average molecular weight is 197 g/mol. The fourth-order valence-electron chi connectivity index (χ4n) is 0.748. The predicted octanol–water partition coefficient (Wildman–Crippen LogP) is 0.00388. The van der Waals surface area contributed by atoms with Gasteiger partial charge >= 0.3 is 0 Å². The minimum Gasteiger partial charge on any atom is -0.696 e. The van der Waals surface area contributed by atoms with E-state index in [1.54, 1.807) is 17.1 Å². The second kappa shape index (κ2) is 6.17. The van der Waals surface area contributed by atoms with E-state index in [0.29, 0.717) is 0 Å². The summed E-state index contributed by atoms with van der Waals surface area (Å²) in [6.07, 6.45) is 6.28. The zero-order valence-corrected chi connectivity index (χ0v) is 8.11. The molecule has 1 aromatic rings. The number of aliphatic hydroxyl groups excluding tert-OH is 1. The molecule has 0 bridgehead atoms. The molecule has 1 aromatic heterocycles. The highest BCUT2D eigenvalue weighted by atomic mass is 32.1. The monoisotopic (exact) mass is 197 g/mol. The standard InChI is InChI=1S/C7H11N2O.CHNS/c1-3-7(10)9-5-4-8(2)6-9;2-1-3/h3-7,10H,1H2,2H3;3H/q+1;/p-1. The van der Waals surface area contributed by atoms with Gasteiger partial charge in [-0.05, 0) is 6.08 Å². The lowest BCUT2D eigenvalue weighted by Crippen LogP contribution is -2.24. The fourth-order valence-corrected chi connectivity index (χ4v) is 0.748. The van der Waals surface area contributed by atoms with Crippen molar-refractivity contribution in [1.29, 1.82) is 5.26 Å². The van der Waals surface area contributed by atoms with E-state index in [2.05, 4.69) is 19.2 Å². The third kappa shape index (κ3) is 4.25. The van der Waals surface area contributed by atoms with Gasteiger partial charge in [-0.3, -0.25) is 0 Å². The van der Waals surface area contributed by atoms with Crippen molar-refractivity contribution in [1.82, 2.24) is 4.57 Å². The SMILES string of the molecule is C=CC(O)n1cc[n+](C)c1.N#C[S-]. The van der Waals surface area contributed by atoms with Crippen LogP contribution in [0.5, 0.6) is 0 Å². The van der Waals surface area contributed by atoms with Crippen molar-refractivity contribution < 1.29 is 9.67 Å². The van der Waals surface area contributed by atoms with E-state index in [9.17, 15) is 5.11 Å². The van der Waals surface area contributed by atoms with Crippen molar-refractivity contribution in [3.63, 3.8) is 0 Å². The van der Waals surface area contributed by atoms with Gasteiger partial charge in [-0.15, -0.1) is 0 Å². The Morgan fingerprint density at radius 3 is 2.69 bits per heavy atom. The van der Waals surface area contributed by atoms with Gasteiger partial charge < -0.3 is 17.7 Å². The first-order chi connectivity index (χ1) is 6.15. The smallest absolute Gasteiger partial charge is 0.245 e. The van der Waals surface area contributed by atoms with E-state index in [1.807, 2.05) is 17.8 Å². The van der Waals surface area contributed by atoms with Crippen molar-refractivity contribution in [3.05, 3.63) is 31.4 Å². The van der Waals surface area contributed by atoms with E-state index < -0.39 is 6.23 Å². The number of hydrogen-bond donors (Lipinski definition) is 1. The summed E-state index contributed by atoms with van der Waals surface area (Å²) in [6.45, 7) is 3.47. The number of imidazole rings is 1. The van der Waals surface area contributed by atoms with Crippen LogP contribution in [0.25, 0.3) is 0 Å². The van der Waals surface area contributed by atoms with Gasteiger partial charge in [-0.25, -0.2) is 14.4 Å². The van der Waals surface area contributed by atoms with Gasteiger partial charge in [0.15, 0.2) is 0 Å². The van der Waals surface area contributed by atoms with Crippen molar-refractivity contribution in [2.45, 2.75) is 6.23 Å². The Hall–Kier alpha value is -1.38. The van der Waals surface area contributed by atoms with Gasteiger partial charge in [0.1, 0.15) is 12.4 Å². The van der Waals surface area contributed by atoms with Crippen LogP contribution < -0.4 is 4.57 Å². The van der Waals surface area contributed by atoms with E-state index in [1.165, 1.54) is 11.5 Å². The van der Waals surface area contributed by atoms with Crippen molar-refractivity contribution in [2.75, 3.05) is 0 Å². The zero-order valence-electron chi connectivity index (χ0n) is 7.29. The second-order valence-electron chi connectivity index (χ2n) is 2.27. The minimum absolute atomic E-state index is 0.610. The Morgan fingerprint density at radius 2 is 2.38 bits per heavy atom. The third-order valence-corrected chi connectivity index (χ3v) is 1.31. The van der Waals surface area contributed by atoms with Gasteiger partial charge in [-0.2, -0.15) is 0 Å². The zero-order chi connectivity index (χ0) is 10.3. The number of thiocyanates is 1. The first-order valence-electron chi connectivity index (χ1n) is 3.50. The fraction of sp³-hybridized carbons (Fsp3) is 0.250. The lowest BCUT2D eigenvalue weighted by atomic mass is 10.5. The topological polar surface area (TPSA) is 52.8 Å². The number of aromatic nitrogens is 2. The molecule has 0 fully saturated rings. The molecule has 0 saturated heterocycles. The molecule has 0 radical (unpaired) electrons. The summed E-state index contributed by atoms with van der Waals surface area (Å²) in [7, 11) is 1.90. The Morgan fingerprint density at radius 1 is 1.85 bits per heavy atom. The summed E-state index contributed by atoms with van der Waals surface area (Å²) in [5.41, 5.74) is 0. The molecule has 0 spiro atoms. The van der Waals surface area contributed by atoms with Crippen LogP contribution in [-0.4, -0.2) is 9.67 Å². The van der Waals surface area contributed by atoms with Crippen LogP contribution in [0.2, 0.25) is 0 Å². The number of nitriles is 1. The molecule has 0 aliphatic rings. The van der Waals surface area contributed by atoms with Gasteiger partial charge in [0.2, 0.25) is 12.6 Å². The Kier molecular flexibility index (Phi) is 5.52. The molecule has 1 rings (SSSR count). The molecule has 1 N–H and O–H groups in total. The first-order valence-corrected chi connectivity index (χ1v) is 3.91. The summed E-state index contributed by atoms with van der Waals surface area (Å²) in [5.74, 6) is 0. The van der Waals surface area contributed by atoms with Crippen LogP contribution in [-0.2, 0) is 19.7 Å². The molecule has 0 saturated carbocycles. The number of nitrogens with zero attached hydrogens (tertiary/aromatic N) is 3. The Balaban J connectivity index is 0.000000424. The average Bonchev–Trinajstić information content (AvgIpc) is 2.52. The van der Waals surface area contributed by atoms with E-state index in [0.717, 1.165) is 0 Å². The maximum atomic E-state index is 9.17. The maximum Gasteiger partial charge on any atom is 0.245 e. The molecule has 0 aromatic carbocycles. The molecule has 4 nitrogen and oxygen atoms in total. The van der Waals surface area contributed by atoms with Crippen LogP contribution in [0.4, 0.5) is 0 Å². The Bertz CT molecular complexity index is 303. The minimum atomic E-state index is -0.610. The van der Waals surface area contributed by atoms with E-state index in [-0.39, 0.29) is 0 Å². The summed E-state index contributed by atoms with van der Waals surface area (Å²) in [4.78, 5) is 0. The summed E-state index contributed by atoms with van der Waals surface area (Å²) in [5, 5.41) is 17.6. The molecular formula is C8H11N3OS. The van der Waals surface area contributed by atoms with Crippen molar-refractivity contribution >= 4 is 12.6 Å². The van der Waals surface area contributed by atoms with Crippen LogP contribution in [0.3, 0.4) is 0 Å². The molecule has 1 unspecified atom stereocenters. The normalized spacial score (nSPS) is 10.5. The molecule has 0 aliphatic heterocycles. The van der Waals surface area contributed by atoms with Crippen molar-refractivity contribution in [2.24, 2.45) is 7.05 Å². The molecule has 1 atom stereocenters. The largest absolute Gasteiger partial charge is 0.696 e. The Labute approximate surface area is 82.8 Å². The summed E-state index contributed by atoms with van der Waals surface area (Å²) in [6, 6.07) is 0. The van der Waals surface area contributed by atoms with E-state index in [4.69, 9.17) is 5.26 Å². The number of aliphatic hydroxyl groups is 1. The molecular weight excluding hydrogens is 186 g/mol. The predicted molar refractivity (Wildman–Crippen MR) is 50.0 cm³/mol. The summed E-state index contributed by atoms with van der Waals surface area (Å²) < 4.78 is 3.51. The first kappa shape index (κ1) is 11.6. The molecule has 1 heterocycles. The third-order valence-electron chi connectivity index (χ3n) is 1.31. The highest BCUT2D eigenvalue weighted by Gasteiger charge is 2.05. The van der Waals surface area contributed by atoms with Crippen LogP contribution in [0.15, 0.2) is 31.4 Å². The highest BCUT2D eigenvalue weighted by Crippen LogP contribution is 1.98. The van der Waals surface area contributed by atoms with Gasteiger partial charge in [-0.1, -0.05) is 12.0 Å². The molecule has 13 heavy (non-hydrogen) atoms. The molecule has 5 heteroatoms. The van der Waals surface area contributed by atoms with Crippen LogP contribution >= 0.6 is 0 Å². The molecule has 0 amide bonds. The lowest BCUT2D eigenvalue weighted by Gasteiger charge is -1.96. The van der Waals surface area contributed by atoms with Gasteiger partial charge in [0, 0.05) is 0 Å². The number of rotatable bonds is 2. The maximum absolute atomic E-state index is 9.17. The van der Waals surface area contributed by atoms with Crippen LogP contribution in [0, 0.1) is 10.7 Å². The van der Waals surface area contributed by atoms with Gasteiger partial charge in [0.25, 0.3) is 0 Å².